The second-order valence-corrected chi connectivity index (χ2v) is 4.42. The summed E-state index contributed by atoms with van der Waals surface area (Å²) >= 11 is 2.29. The summed E-state index contributed by atoms with van der Waals surface area (Å²) in [5, 5.41) is 2.60. The zero-order chi connectivity index (χ0) is 9.26. The van der Waals surface area contributed by atoms with E-state index in [4.69, 9.17) is 0 Å². The highest BCUT2D eigenvalue weighted by atomic mass is 127. The molecule has 0 aliphatic heterocycles. The molecule has 0 radical (unpaired) electrons. The molecule has 0 aliphatic rings. The van der Waals surface area contributed by atoms with Gasteiger partial charge in [0, 0.05) is 12.4 Å². The highest BCUT2D eigenvalue weighted by Crippen LogP contribution is 2.27. The predicted molar refractivity (Wildman–Crippen MR) is 66.4 cm³/mol. The van der Waals surface area contributed by atoms with Crippen LogP contribution in [0.5, 0.6) is 0 Å². The van der Waals surface area contributed by atoms with E-state index >= 15 is 0 Å². The summed E-state index contributed by atoms with van der Waals surface area (Å²) in [5.74, 6) is 0. The van der Waals surface area contributed by atoms with E-state index in [0.29, 0.717) is 0 Å². The van der Waals surface area contributed by atoms with E-state index in [1.165, 1.54) is 16.5 Å². The third-order valence-electron chi connectivity index (χ3n) is 2.10. The van der Waals surface area contributed by atoms with Gasteiger partial charge in [0.15, 0.2) is 0 Å². The Morgan fingerprint density at radius 2 is 1.69 bits per heavy atom. The van der Waals surface area contributed by atoms with Crippen LogP contribution in [0.2, 0.25) is 0 Å². The molecule has 0 saturated carbocycles. The van der Waals surface area contributed by atoms with Gasteiger partial charge in [-0.3, -0.25) is 0 Å². The van der Waals surface area contributed by atoms with Crippen molar-refractivity contribution < 1.29 is 0 Å². The minimum Gasteiger partial charge on any atom is -0.317 e. The third-order valence-corrected chi connectivity index (χ3v) is 2.62. The lowest BCUT2D eigenvalue weighted by molar-refractivity contribution is 1.43. The number of anilines is 1. The molecule has 0 fully saturated rings. The summed E-state index contributed by atoms with van der Waals surface area (Å²) in [4.78, 5) is 0. The van der Waals surface area contributed by atoms with Gasteiger partial charge in [-0.1, -0.05) is 36.4 Å². The summed E-state index contributed by atoms with van der Waals surface area (Å²) < 4.78 is 2.11. The molecule has 2 rings (SSSR count). The number of fused-ring (bicyclic) bond motifs is 1. The minimum atomic E-state index is 1.26. The molecule has 0 heterocycles. The molecular weight excluding hydrogens is 273 g/mol. The maximum absolute atomic E-state index is 2.29. The lowest BCUT2D eigenvalue weighted by atomic mass is 10.1. The fourth-order valence-electron chi connectivity index (χ4n) is 1.48. The molecule has 2 aromatic carbocycles. The summed E-state index contributed by atoms with van der Waals surface area (Å²) in [7, 11) is 2.06. The highest BCUT2D eigenvalue weighted by molar-refractivity contribution is 14.1. The lowest BCUT2D eigenvalue weighted by Gasteiger charge is -2.12. The second kappa shape index (κ2) is 3.54. The highest BCUT2D eigenvalue weighted by Gasteiger charge is 2.01. The van der Waals surface area contributed by atoms with E-state index in [2.05, 4.69) is 75.5 Å². The van der Waals surface area contributed by atoms with Gasteiger partial charge >= 0.3 is 0 Å². The molecule has 0 aliphatic carbocycles. The first kappa shape index (κ1) is 8.81. The number of hydrogen-bond donors (Lipinski definition) is 0. The Morgan fingerprint density at radius 1 is 1.00 bits per heavy atom. The molecule has 0 bridgehead atoms. The van der Waals surface area contributed by atoms with Crippen LogP contribution in [0.3, 0.4) is 0 Å². The van der Waals surface area contributed by atoms with E-state index < -0.39 is 0 Å². The van der Waals surface area contributed by atoms with Crippen LogP contribution in [0.25, 0.3) is 10.8 Å². The van der Waals surface area contributed by atoms with Crippen molar-refractivity contribution in [3.05, 3.63) is 42.5 Å². The molecule has 0 unspecified atom stereocenters. The van der Waals surface area contributed by atoms with E-state index in [0.717, 1.165) is 0 Å². The molecule has 0 saturated heterocycles. The Morgan fingerprint density at radius 3 is 2.46 bits per heavy atom. The zero-order valence-corrected chi connectivity index (χ0v) is 9.52. The standard InChI is InChI=1S/C11H10IN/c1-13(12)11-8-4-6-9-5-2-3-7-10(9)11/h2-8H,1H3. The molecule has 0 spiro atoms. The van der Waals surface area contributed by atoms with Crippen molar-refractivity contribution in [2.45, 2.75) is 0 Å². The van der Waals surface area contributed by atoms with Crippen molar-refractivity contribution in [1.29, 1.82) is 0 Å². The Hall–Kier alpha value is -0.770. The number of nitrogens with zero attached hydrogens (tertiary/aromatic N) is 1. The third kappa shape index (κ3) is 1.63. The van der Waals surface area contributed by atoms with Crippen molar-refractivity contribution >= 4 is 39.3 Å². The van der Waals surface area contributed by atoms with Gasteiger partial charge in [0.2, 0.25) is 0 Å². The van der Waals surface area contributed by atoms with E-state index in [9.17, 15) is 0 Å². The van der Waals surface area contributed by atoms with Gasteiger partial charge in [-0.25, -0.2) is 0 Å². The van der Waals surface area contributed by atoms with Crippen molar-refractivity contribution in [2.24, 2.45) is 0 Å². The van der Waals surface area contributed by atoms with Gasteiger partial charge in [-0.05, 0) is 11.5 Å². The van der Waals surface area contributed by atoms with E-state index in [1.54, 1.807) is 0 Å². The second-order valence-electron chi connectivity index (χ2n) is 2.98. The first-order valence-corrected chi connectivity index (χ1v) is 5.13. The zero-order valence-electron chi connectivity index (χ0n) is 7.37. The number of benzene rings is 2. The van der Waals surface area contributed by atoms with Crippen molar-refractivity contribution in [1.82, 2.24) is 0 Å². The van der Waals surface area contributed by atoms with Crippen molar-refractivity contribution in [3.63, 3.8) is 0 Å². The molecule has 1 nitrogen and oxygen atoms in total. The van der Waals surface area contributed by atoms with E-state index in [1.807, 2.05) is 0 Å². The van der Waals surface area contributed by atoms with Gasteiger partial charge in [-0.2, -0.15) is 0 Å². The molecule has 0 amide bonds. The first-order valence-electron chi connectivity index (χ1n) is 4.16. The molecule has 0 aromatic heterocycles. The predicted octanol–water partition coefficient (Wildman–Crippen LogP) is 3.63. The smallest absolute Gasteiger partial charge is 0.0588 e. The van der Waals surface area contributed by atoms with Crippen LogP contribution in [0.4, 0.5) is 5.69 Å². The monoisotopic (exact) mass is 283 g/mol. The van der Waals surface area contributed by atoms with E-state index in [-0.39, 0.29) is 0 Å². The normalized spacial score (nSPS) is 10.3. The van der Waals surface area contributed by atoms with Crippen molar-refractivity contribution in [3.8, 4) is 0 Å². The average Bonchev–Trinajstić information content (AvgIpc) is 2.17. The molecule has 0 N–H and O–H groups in total. The maximum atomic E-state index is 2.29. The van der Waals surface area contributed by atoms with Crippen LogP contribution < -0.4 is 3.11 Å². The Kier molecular flexibility index (Phi) is 2.40. The topological polar surface area (TPSA) is 3.24 Å². The van der Waals surface area contributed by atoms with Crippen LogP contribution in [0.1, 0.15) is 0 Å². The van der Waals surface area contributed by atoms with Crippen molar-refractivity contribution in [2.75, 3.05) is 10.2 Å². The Labute approximate surface area is 91.9 Å². The lowest BCUT2D eigenvalue weighted by Crippen LogP contribution is -1.99. The van der Waals surface area contributed by atoms with Crippen LogP contribution in [0, 0.1) is 0 Å². The summed E-state index contributed by atoms with van der Waals surface area (Å²) in [5.41, 5.74) is 1.26. The summed E-state index contributed by atoms with van der Waals surface area (Å²) in [6.45, 7) is 0. The molecule has 66 valence electrons. The number of hydrogen-bond acceptors (Lipinski definition) is 1. The van der Waals surface area contributed by atoms with Crippen LogP contribution in [-0.2, 0) is 0 Å². The van der Waals surface area contributed by atoms with Crippen LogP contribution >= 0.6 is 22.9 Å². The summed E-state index contributed by atoms with van der Waals surface area (Å²) in [6.07, 6.45) is 0. The largest absolute Gasteiger partial charge is 0.317 e. The van der Waals surface area contributed by atoms with Crippen LogP contribution in [-0.4, -0.2) is 7.05 Å². The Balaban J connectivity index is 2.76. The molecule has 13 heavy (non-hydrogen) atoms. The maximum Gasteiger partial charge on any atom is 0.0588 e. The van der Waals surface area contributed by atoms with Gasteiger partial charge in [0.25, 0.3) is 0 Å². The molecule has 2 aromatic rings. The molecule has 2 heteroatoms. The van der Waals surface area contributed by atoms with Gasteiger partial charge in [0.1, 0.15) is 0 Å². The van der Waals surface area contributed by atoms with Gasteiger partial charge < -0.3 is 3.11 Å². The number of halogens is 1. The first-order chi connectivity index (χ1) is 6.29. The molecular formula is C11H10IN. The quantitative estimate of drug-likeness (QED) is 0.570. The SMILES string of the molecule is CN(I)c1cccc2ccccc12. The average molecular weight is 283 g/mol. The minimum absolute atomic E-state index is 1.26. The molecule has 0 atom stereocenters. The van der Waals surface area contributed by atoms with Gasteiger partial charge in [-0.15, -0.1) is 0 Å². The summed E-state index contributed by atoms with van der Waals surface area (Å²) in [6, 6.07) is 14.8. The fraction of sp³-hybridized carbons (Fsp3) is 0.0909. The van der Waals surface area contributed by atoms with Gasteiger partial charge in [0.05, 0.1) is 28.6 Å². The fourth-order valence-corrected chi connectivity index (χ4v) is 1.90. The van der Waals surface area contributed by atoms with Crippen LogP contribution in [0.15, 0.2) is 42.5 Å². The Bertz CT molecular complexity index is 418. The number of rotatable bonds is 1.